The molecule has 0 bridgehead atoms. The Morgan fingerprint density at radius 2 is 1.09 bits per heavy atom. The van der Waals surface area contributed by atoms with Crippen LogP contribution in [0.3, 0.4) is 0 Å². The lowest BCUT2D eigenvalue weighted by Crippen LogP contribution is -2.27. The fourth-order valence-electron chi connectivity index (χ4n) is 5.48. The number of hydrogen-bond acceptors (Lipinski definition) is 5. The molecule has 5 aromatic rings. The van der Waals surface area contributed by atoms with Gasteiger partial charge in [0, 0.05) is 19.8 Å². The fraction of sp³-hybridized carbons (Fsp3) is 0.152. The van der Waals surface area contributed by atoms with Gasteiger partial charge in [0.2, 0.25) is 0 Å². The molecule has 2 aromatic heterocycles. The first-order valence-electron chi connectivity index (χ1n) is 13.9. The molecule has 3 heterocycles. The number of benzene rings is 3. The van der Waals surface area contributed by atoms with Crippen LogP contribution >= 0.6 is 0 Å². The van der Waals surface area contributed by atoms with Gasteiger partial charge in [-0.15, -0.1) is 0 Å². The highest BCUT2D eigenvalue weighted by molar-refractivity contribution is 6.34. The van der Waals surface area contributed by atoms with Gasteiger partial charge < -0.3 is 5.32 Å². The number of anilines is 2. The van der Waals surface area contributed by atoms with E-state index in [1.807, 2.05) is 92.7 Å². The molecular weight excluding hydrogens is 542 g/mol. The Hall–Kier alpha value is -5.64. The van der Waals surface area contributed by atoms with Gasteiger partial charge in [-0.2, -0.15) is 10.1 Å². The van der Waals surface area contributed by atoms with E-state index in [0.29, 0.717) is 34.2 Å². The fourth-order valence-corrected chi connectivity index (χ4v) is 5.48. The monoisotopic (exact) mass is 573 g/mol. The molecule has 0 atom stereocenters. The molecule has 10 heteroatoms. The highest BCUT2D eigenvalue weighted by atomic mass is 16.2. The van der Waals surface area contributed by atoms with Crippen molar-refractivity contribution in [1.82, 2.24) is 18.7 Å². The maximum Gasteiger partial charge on any atom is 0.295 e. The number of aromatic nitrogens is 4. The molecule has 6 rings (SSSR count). The molecule has 0 saturated carbocycles. The first-order valence-corrected chi connectivity index (χ1v) is 13.9. The summed E-state index contributed by atoms with van der Waals surface area (Å²) >= 11 is 0. The average Bonchev–Trinajstić information content (AvgIpc) is 3.53. The molecule has 0 aliphatic carbocycles. The van der Waals surface area contributed by atoms with Crippen molar-refractivity contribution in [2.24, 2.45) is 19.2 Å². The summed E-state index contributed by atoms with van der Waals surface area (Å²) in [6.07, 6.45) is 0. The Bertz CT molecular complexity index is 2040. The SMILES string of the molecule is CC1=NN(c2ccccc2)C(=O)/C1=C(/Nc1c(C)n(C)n(-c2ccccc2)c1=O)c1c(C)n(C)n(-c2ccccc2)c1=O. The molecule has 3 aromatic carbocycles. The first kappa shape index (κ1) is 27.5. The van der Waals surface area contributed by atoms with Crippen LogP contribution in [-0.4, -0.2) is 30.3 Å². The second kappa shape index (κ2) is 10.6. The van der Waals surface area contributed by atoms with Crippen molar-refractivity contribution >= 4 is 28.7 Å². The summed E-state index contributed by atoms with van der Waals surface area (Å²) in [4.78, 5) is 42.3. The third-order valence-electron chi connectivity index (χ3n) is 7.88. The lowest BCUT2D eigenvalue weighted by atomic mass is 10.0. The minimum Gasteiger partial charge on any atom is -0.348 e. The Labute approximate surface area is 248 Å². The standard InChI is InChI=1S/C33H31N7O3/c1-21-27(31(41)38(35-21)24-15-9-6-10-16-24)30(28-22(2)36(4)39(32(28)42)25-17-11-7-12-18-25)34-29-23(3)37(5)40(33(29)43)26-19-13-8-14-20-26/h6-20,34H,1-5H3/b30-27+. The zero-order valence-electron chi connectivity index (χ0n) is 24.6. The van der Waals surface area contributed by atoms with Crippen molar-refractivity contribution in [3.63, 3.8) is 0 Å². The van der Waals surface area contributed by atoms with E-state index in [-0.39, 0.29) is 33.6 Å². The van der Waals surface area contributed by atoms with Crippen LogP contribution in [0.25, 0.3) is 17.1 Å². The van der Waals surface area contributed by atoms with Crippen LogP contribution in [0.1, 0.15) is 23.9 Å². The van der Waals surface area contributed by atoms with Crippen LogP contribution in [-0.2, 0) is 18.9 Å². The van der Waals surface area contributed by atoms with E-state index < -0.39 is 5.91 Å². The Balaban J connectivity index is 1.61. The summed E-state index contributed by atoms with van der Waals surface area (Å²) in [5.41, 5.74) is 3.92. The number of carbonyl (C=O) groups excluding carboxylic acids is 1. The molecule has 0 fully saturated rings. The molecule has 1 aliphatic heterocycles. The van der Waals surface area contributed by atoms with Gasteiger partial charge in [-0.3, -0.25) is 23.7 Å². The van der Waals surface area contributed by atoms with Crippen molar-refractivity contribution in [2.75, 3.05) is 10.3 Å². The van der Waals surface area contributed by atoms with Gasteiger partial charge in [0.05, 0.1) is 45.3 Å². The summed E-state index contributed by atoms with van der Waals surface area (Å²) < 4.78 is 6.59. The average molecular weight is 574 g/mol. The first-order chi connectivity index (χ1) is 20.7. The third kappa shape index (κ3) is 4.44. The molecule has 1 amide bonds. The minimum absolute atomic E-state index is 0.212. The molecule has 1 N–H and O–H groups in total. The predicted molar refractivity (Wildman–Crippen MR) is 169 cm³/mol. The van der Waals surface area contributed by atoms with E-state index in [1.54, 1.807) is 51.9 Å². The molecule has 10 nitrogen and oxygen atoms in total. The Kier molecular flexibility index (Phi) is 6.81. The van der Waals surface area contributed by atoms with Crippen molar-refractivity contribution in [3.8, 4) is 11.4 Å². The lowest BCUT2D eigenvalue weighted by molar-refractivity contribution is -0.114. The van der Waals surface area contributed by atoms with Gasteiger partial charge in [-0.25, -0.2) is 9.36 Å². The molecule has 0 saturated heterocycles. The lowest BCUT2D eigenvalue weighted by Gasteiger charge is -2.15. The predicted octanol–water partition coefficient (Wildman–Crippen LogP) is 4.53. The summed E-state index contributed by atoms with van der Waals surface area (Å²) in [7, 11) is 3.59. The maximum absolute atomic E-state index is 14.2. The molecule has 0 spiro atoms. The number of nitrogens with one attached hydrogen (secondary N) is 1. The van der Waals surface area contributed by atoms with E-state index in [4.69, 9.17) is 0 Å². The smallest absolute Gasteiger partial charge is 0.295 e. The Morgan fingerprint density at radius 3 is 1.63 bits per heavy atom. The Morgan fingerprint density at radius 1 is 0.628 bits per heavy atom. The zero-order chi connectivity index (χ0) is 30.4. The van der Waals surface area contributed by atoms with E-state index in [9.17, 15) is 14.4 Å². The van der Waals surface area contributed by atoms with E-state index >= 15 is 0 Å². The summed E-state index contributed by atoms with van der Waals surface area (Å²) in [6, 6.07) is 27.7. The number of nitrogens with zero attached hydrogens (tertiary/aromatic N) is 6. The number of para-hydroxylation sites is 3. The topological polar surface area (TPSA) is 98.6 Å². The van der Waals surface area contributed by atoms with Crippen molar-refractivity contribution in [1.29, 1.82) is 0 Å². The van der Waals surface area contributed by atoms with Crippen molar-refractivity contribution < 1.29 is 4.79 Å². The van der Waals surface area contributed by atoms with Crippen molar-refractivity contribution in [2.45, 2.75) is 20.8 Å². The minimum atomic E-state index is -0.405. The van der Waals surface area contributed by atoms with Crippen LogP contribution in [0.2, 0.25) is 0 Å². The molecule has 0 unspecified atom stereocenters. The summed E-state index contributed by atoms with van der Waals surface area (Å²) in [5, 5.41) is 9.17. The van der Waals surface area contributed by atoms with Crippen molar-refractivity contribution in [3.05, 3.63) is 134 Å². The van der Waals surface area contributed by atoms with Gasteiger partial charge >= 0.3 is 0 Å². The number of carbonyl (C=O) groups is 1. The molecule has 1 aliphatic rings. The van der Waals surface area contributed by atoms with E-state index in [2.05, 4.69) is 10.4 Å². The number of hydrazone groups is 1. The normalized spacial score (nSPS) is 14.3. The highest BCUT2D eigenvalue weighted by Gasteiger charge is 2.35. The molecule has 0 radical (unpaired) electrons. The molecule has 216 valence electrons. The maximum atomic E-state index is 14.2. The van der Waals surface area contributed by atoms with Crippen LogP contribution in [0.15, 0.2) is 111 Å². The number of rotatable bonds is 6. The van der Waals surface area contributed by atoms with Crippen LogP contribution in [0.5, 0.6) is 0 Å². The highest BCUT2D eigenvalue weighted by Crippen LogP contribution is 2.31. The third-order valence-corrected chi connectivity index (χ3v) is 7.88. The van der Waals surface area contributed by atoms with Gasteiger partial charge in [-0.1, -0.05) is 54.6 Å². The van der Waals surface area contributed by atoms with Gasteiger partial charge in [0.1, 0.15) is 5.69 Å². The van der Waals surface area contributed by atoms with Crippen LogP contribution in [0.4, 0.5) is 11.4 Å². The van der Waals surface area contributed by atoms with Crippen LogP contribution in [0, 0.1) is 13.8 Å². The van der Waals surface area contributed by atoms with Gasteiger partial charge in [0.15, 0.2) is 0 Å². The summed E-state index contributed by atoms with van der Waals surface area (Å²) in [6.45, 7) is 5.37. The largest absolute Gasteiger partial charge is 0.348 e. The van der Waals surface area contributed by atoms with Crippen LogP contribution < -0.4 is 21.4 Å². The zero-order valence-corrected chi connectivity index (χ0v) is 24.6. The quantitative estimate of drug-likeness (QED) is 0.302. The van der Waals surface area contributed by atoms with E-state index in [0.717, 1.165) is 0 Å². The van der Waals surface area contributed by atoms with Gasteiger partial charge in [0.25, 0.3) is 17.0 Å². The molecule has 43 heavy (non-hydrogen) atoms. The number of amides is 1. The number of hydrogen-bond donors (Lipinski definition) is 1. The second-order valence-corrected chi connectivity index (χ2v) is 10.4. The van der Waals surface area contributed by atoms with Gasteiger partial charge in [-0.05, 0) is 57.2 Å². The van der Waals surface area contributed by atoms with E-state index in [1.165, 1.54) is 5.01 Å². The molecular formula is C33H31N7O3. The second-order valence-electron chi connectivity index (χ2n) is 10.4. The summed E-state index contributed by atoms with van der Waals surface area (Å²) in [5.74, 6) is -0.405.